The summed E-state index contributed by atoms with van der Waals surface area (Å²) in [6.07, 6.45) is 1.66. The number of hydrogen-bond donors (Lipinski definition) is 0. The molecule has 0 saturated carbocycles. The van der Waals surface area contributed by atoms with E-state index in [0.29, 0.717) is 16.1 Å². The summed E-state index contributed by atoms with van der Waals surface area (Å²) in [6, 6.07) is 3.56. The van der Waals surface area contributed by atoms with Gasteiger partial charge in [0.25, 0.3) is 5.91 Å². The highest BCUT2D eigenvalue weighted by Gasteiger charge is 2.18. The lowest BCUT2D eigenvalue weighted by Crippen LogP contribution is -2.40. The molecule has 4 nitrogen and oxygen atoms in total. The first kappa shape index (κ1) is 18.1. The van der Waals surface area contributed by atoms with Gasteiger partial charge in [-0.1, -0.05) is 27.7 Å². The third-order valence-electron chi connectivity index (χ3n) is 3.43. The highest BCUT2D eigenvalue weighted by Crippen LogP contribution is 2.12. The molecule has 1 rings (SSSR count). The number of carbonyl (C=O) groups is 1. The van der Waals surface area contributed by atoms with Gasteiger partial charge in [-0.15, -0.1) is 0 Å². The largest absolute Gasteiger partial charge is 0.337 e. The molecule has 0 spiro atoms. The zero-order valence-corrected chi connectivity index (χ0v) is 15.1. The van der Waals surface area contributed by atoms with E-state index in [0.717, 1.165) is 32.7 Å². The quantitative estimate of drug-likeness (QED) is 0.671. The van der Waals surface area contributed by atoms with Crippen LogP contribution in [0.25, 0.3) is 0 Å². The van der Waals surface area contributed by atoms with E-state index in [1.54, 1.807) is 18.3 Å². The fourth-order valence-electron chi connectivity index (χ4n) is 2.24. The van der Waals surface area contributed by atoms with Crippen molar-refractivity contribution < 1.29 is 4.79 Å². The molecule has 1 heterocycles. The third-order valence-corrected chi connectivity index (χ3v) is 3.86. The van der Waals surface area contributed by atoms with Gasteiger partial charge in [-0.05, 0) is 47.1 Å². The summed E-state index contributed by atoms with van der Waals surface area (Å²) in [7, 11) is 0. The van der Waals surface area contributed by atoms with Gasteiger partial charge in [0.05, 0.1) is 0 Å². The van der Waals surface area contributed by atoms with Gasteiger partial charge in [0, 0.05) is 31.4 Å². The molecular formula is C16H26BrN3O. The van der Waals surface area contributed by atoms with Crippen molar-refractivity contribution in [1.29, 1.82) is 0 Å². The second kappa shape index (κ2) is 9.15. The molecule has 0 N–H and O–H groups in total. The van der Waals surface area contributed by atoms with Crippen LogP contribution >= 0.6 is 15.9 Å². The Labute approximate surface area is 136 Å². The second-order valence-electron chi connectivity index (χ2n) is 5.54. The predicted molar refractivity (Wildman–Crippen MR) is 90.5 cm³/mol. The van der Waals surface area contributed by atoms with Crippen molar-refractivity contribution in [3.05, 3.63) is 28.5 Å². The van der Waals surface area contributed by atoms with E-state index in [4.69, 9.17) is 0 Å². The first-order chi connectivity index (χ1) is 9.97. The molecule has 1 aromatic rings. The first-order valence-electron chi connectivity index (χ1n) is 7.61. The Bertz CT molecular complexity index is 447. The molecule has 0 saturated heterocycles. The van der Waals surface area contributed by atoms with E-state index in [1.165, 1.54) is 0 Å². The molecule has 1 amide bonds. The maximum Gasteiger partial charge on any atom is 0.254 e. The number of amides is 1. The topological polar surface area (TPSA) is 36.4 Å². The van der Waals surface area contributed by atoms with E-state index >= 15 is 0 Å². The number of likely N-dealkylation sites (N-methyl/N-ethyl adjacent to an activating group) is 1. The zero-order chi connectivity index (χ0) is 15.8. The van der Waals surface area contributed by atoms with Gasteiger partial charge in [-0.2, -0.15) is 0 Å². The standard InChI is InChI=1S/C16H26BrN3O/c1-5-19(6-2)9-10-20(12-13(3)4)16(21)14-7-8-18-15(17)11-14/h7-8,11,13H,5-6,9-10,12H2,1-4H3. The minimum atomic E-state index is 0.0824. The molecule has 5 heteroatoms. The van der Waals surface area contributed by atoms with Crippen LogP contribution in [0.15, 0.2) is 22.9 Å². The van der Waals surface area contributed by atoms with Crippen molar-refractivity contribution in [3.8, 4) is 0 Å². The number of carbonyl (C=O) groups excluding carboxylic acids is 1. The minimum Gasteiger partial charge on any atom is -0.337 e. The second-order valence-corrected chi connectivity index (χ2v) is 6.35. The molecule has 0 aromatic carbocycles. The summed E-state index contributed by atoms with van der Waals surface area (Å²) in [5.74, 6) is 0.537. The molecule has 0 aliphatic heterocycles. The summed E-state index contributed by atoms with van der Waals surface area (Å²) in [5, 5.41) is 0. The van der Waals surface area contributed by atoms with E-state index in [2.05, 4.69) is 53.5 Å². The van der Waals surface area contributed by atoms with Gasteiger partial charge in [0.1, 0.15) is 4.60 Å². The van der Waals surface area contributed by atoms with Crippen LogP contribution < -0.4 is 0 Å². The van der Waals surface area contributed by atoms with Crippen molar-refractivity contribution in [1.82, 2.24) is 14.8 Å². The maximum absolute atomic E-state index is 12.7. The fraction of sp³-hybridized carbons (Fsp3) is 0.625. The molecule has 1 aromatic heterocycles. The Kier molecular flexibility index (Phi) is 7.89. The number of pyridine rings is 1. The zero-order valence-electron chi connectivity index (χ0n) is 13.5. The predicted octanol–water partition coefficient (Wildman–Crippen LogP) is 3.28. The number of halogens is 1. The van der Waals surface area contributed by atoms with E-state index in [9.17, 15) is 4.79 Å². The molecule has 0 atom stereocenters. The summed E-state index contributed by atoms with van der Waals surface area (Å²) in [5.41, 5.74) is 0.692. The molecule has 0 bridgehead atoms. The highest BCUT2D eigenvalue weighted by molar-refractivity contribution is 9.10. The van der Waals surface area contributed by atoms with Crippen LogP contribution in [0, 0.1) is 5.92 Å². The van der Waals surface area contributed by atoms with Crippen LogP contribution in [-0.4, -0.2) is 53.4 Å². The monoisotopic (exact) mass is 355 g/mol. The van der Waals surface area contributed by atoms with Gasteiger partial charge in [-0.3, -0.25) is 4.79 Å². The first-order valence-corrected chi connectivity index (χ1v) is 8.40. The summed E-state index contributed by atoms with van der Waals surface area (Å²) < 4.78 is 0.696. The Morgan fingerprint density at radius 1 is 1.29 bits per heavy atom. The van der Waals surface area contributed by atoms with Crippen LogP contribution in [0.5, 0.6) is 0 Å². The van der Waals surface area contributed by atoms with E-state index < -0.39 is 0 Å². The molecule has 0 aliphatic rings. The minimum absolute atomic E-state index is 0.0824. The summed E-state index contributed by atoms with van der Waals surface area (Å²) in [6.45, 7) is 13.1. The van der Waals surface area contributed by atoms with E-state index in [1.807, 2.05) is 4.90 Å². The lowest BCUT2D eigenvalue weighted by Gasteiger charge is -2.28. The van der Waals surface area contributed by atoms with Crippen molar-refractivity contribution in [3.63, 3.8) is 0 Å². The van der Waals surface area contributed by atoms with Crippen molar-refractivity contribution in [2.75, 3.05) is 32.7 Å². The molecule has 21 heavy (non-hydrogen) atoms. The smallest absolute Gasteiger partial charge is 0.254 e. The van der Waals surface area contributed by atoms with Crippen LogP contribution in [0.4, 0.5) is 0 Å². The number of aromatic nitrogens is 1. The molecule has 118 valence electrons. The normalized spacial score (nSPS) is 11.2. The van der Waals surface area contributed by atoms with E-state index in [-0.39, 0.29) is 5.91 Å². The SMILES string of the molecule is CCN(CC)CCN(CC(C)C)C(=O)c1ccnc(Br)c1. The van der Waals surface area contributed by atoms with Gasteiger partial charge in [0.15, 0.2) is 0 Å². The molecule has 0 aliphatic carbocycles. The van der Waals surface area contributed by atoms with Crippen LogP contribution in [-0.2, 0) is 0 Å². The Balaban J connectivity index is 2.78. The lowest BCUT2D eigenvalue weighted by molar-refractivity contribution is 0.0716. The molecule has 0 radical (unpaired) electrons. The molecular weight excluding hydrogens is 330 g/mol. The van der Waals surface area contributed by atoms with Crippen molar-refractivity contribution in [2.24, 2.45) is 5.92 Å². The number of hydrogen-bond acceptors (Lipinski definition) is 3. The van der Waals surface area contributed by atoms with Crippen LogP contribution in [0.2, 0.25) is 0 Å². The molecule has 0 fully saturated rings. The van der Waals surface area contributed by atoms with Crippen molar-refractivity contribution >= 4 is 21.8 Å². The summed E-state index contributed by atoms with van der Waals surface area (Å²) >= 11 is 3.32. The Morgan fingerprint density at radius 2 is 1.95 bits per heavy atom. The average molecular weight is 356 g/mol. The van der Waals surface area contributed by atoms with Gasteiger partial charge in [0.2, 0.25) is 0 Å². The Hall–Kier alpha value is -0.940. The fourth-order valence-corrected chi connectivity index (χ4v) is 2.60. The van der Waals surface area contributed by atoms with Gasteiger partial charge >= 0.3 is 0 Å². The number of rotatable bonds is 8. The maximum atomic E-state index is 12.7. The summed E-state index contributed by atoms with van der Waals surface area (Å²) in [4.78, 5) is 21.0. The van der Waals surface area contributed by atoms with Crippen LogP contribution in [0.3, 0.4) is 0 Å². The molecule has 0 unspecified atom stereocenters. The Morgan fingerprint density at radius 3 is 2.48 bits per heavy atom. The lowest BCUT2D eigenvalue weighted by atomic mass is 10.1. The number of nitrogens with zero attached hydrogens (tertiary/aromatic N) is 3. The highest BCUT2D eigenvalue weighted by atomic mass is 79.9. The van der Waals surface area contributed by atoms with Crippen molar-refractivity contribution in [2.45, 2.75) is 27.7 Å². The van der Waals surface area contributed by atoms with Crippen LogP contribution in [0.1, 0.15) is 38.1 Å². The average Bonchev–Trinajstić information content (AvgIpc) is 2.46. The van der Waals surface area contributed by atoms with Gasteiger partial charge < -0.3 is 9.80 Å². The van der Waals surface area contributed by atoms with Gasteiger partial charge in [-0.25, -0.2) is 4.98 Å². The third kappa shape index (κ3) is 6.14.